The molecule has 0 atom stereocenters. The average molecular weight is 338 g/mol. The second-order valence-electron chi connectivity index (χ2n) is 6.71. The van der Waals surface area contributed by atoms with E-state index < -0.39 is 0 Å². The predicted octanol–water partition coefficient (Wildman–Crippen LogP) is 2.49. The Morgan fingerprint density at radius 1 is 0.880 bits per heavy atom. The number of unbranched alkanes of at least 4 members (excludes halogenated alkanes) is 1. The molecule has 4 nitrogen and oxygen atoms in total. The van der Waals surface area contributed by atoms with E-state index >= 15 is 0 Å². The second kappa shape index (κ2) is 9.33. The highest BCUT2D eigenvalue weighted by atomic mass is 16.2. The minimum atomic E-state index is 0.317. The normalized spacial score (nSPS) is 15.3. The molecule has 0 N–H and O–H groups in total. The Balaban J connectivity index is 1.33. The second-order valence-corrected chi connectivity index (χ2v) is 6.71. The molecule has 25 heavy (non-hydrogen) atoms. The first-order valence-corrected chi connectivity index (χ1v) is 9.29. The van der Waals surface area contributed by atoms with Gasteiger partial charge >= 0.3 is 0 Å². The number of carbonyl (C=O) groups is 1. The molecule has 2 heterocycles. The van der Waals surface area contributed by atoms with Crippen molar-refractivity contribution in [1.29, 1.82) is 0 Å². The number of carbonyl (C=O) groups excluding carboxylic acids is 1. The molecule has 1 aliphatic rings. The van der Waals surface area contributed by atoms with Gasteiger partial charge in [-0.15, -0.1) is 0 Å². The van der Waals surface area contributed by atoms with Crippen LogP contribution in [0.25, 0.3) is 0 Å². The van der Waals surface area contributed by atoms with Gasteiger partial charge in [-0.1, -0.05) is 36.4 Å². The van der Waals surface area contributed by atoms with Crippen molar-refractivity contribution in [2.24, 2.45) is 0 Å². The SMILES string of the molecule is O=C(CCCC[n+]1ccccc1)N1CCN(Cc2ccccc2)CC1. The quantitative estimate of drug-likeness (QED) is 0.573. The molecule has 0 aliphatic carbocycles. The third kappa shape index (κ3) is 5.68. The van der Waals surface area contributed by atoms with Gasteiger partial charge in [-0.05, 0) is 12.0 Å². The summed E-state index contributed by atoms with van der Waals surface area (Å²) in [4.78, 5) is 16.8. The van der Waals surface area contributed by atoms with Gasteiger partial charge in [-0.25, -0.2) is 4.57 Å². The van der Waals surface area contributed by atoms with Crippen molar-refractivity contribution < 1.29 is 9.36 Å². The monoisotopic (exact) mass is 338 g/mol. The van der Waals surface area contributed by atoms with Crippen LogP contribution in [-0.2, 0) is 17.9 Å². The number of aromatic nitrogens is 1. The number of pyridine rings is 1. The van der Waals surface area contributed by atoms with Gasteiger partial charge in [0.1, 0.15) is 6.54 Å². The smallest absolute Gasteiger partial charge is 0.222 e. The zero-order valence-electron chi connectivity index (χ0n) is 14.9. The molecule has 1 saturated heterocycles. The van der Waals surface area contributed by atoms with Crippen molar-refractivity contribution in [3.63, 3.8) is 0 Å². The van der Waals surface area contributed by atoms with Gasteiger partial charge < -0.3 is 4.90 Å². The number of amides is 1. The van der Waals surface area contributed by atoms with E-state index in [1.165, 1.54) is 5.56 Å². The molecule has 0 bridgehead atoms. The van der Waals surface area contributed by atoms with E-state index in [0.717, 1.165) is 52.1 Å². The van der Waals surface area contributed by atoms with Gasteiger partial charge in [-0.3, -0.25) is 9.69 Å². The van der Waals surface area contributed by atoms with Crippen molar-refractivity contribution in [1.82, 2.24) is 9.80 Å². The molecular weight excluding hydrogens is 310 g/mol. The lowest BCUT2D eigenvalue weighted by atomic mass is 10.1. The maximum Gasteiger partial charge on any atom is 0.222 e. The summed E-state index contributed by atoms with van der Waals surface area (Å²) < 4.78 is 2.17. The Morgan fingerprint density at radius 2 is 1.56 bits per heavy atom. The molecular formula is C21H28N3O+. The first-order chi connectivity index (χ1) is 12.3. The van der Waals surface area contributed by atoms with Crippen LogP contribution in [-0.4, -0.2) is 41.9 Å². The third-order valence-corrected chi connectivity index (χ3v) is 4.81. The van der Waals surface area contributed by atoms with Crippen molar-refractivity contribution in [2.45, 2.75) is 32.4 Å². The standard InChI is InChI=1S/C21H28N3O/c25-21(11-5-8-14-22-12-6-2-7-13-22)24-17-15-23(16-18-24)19-20-9-3-1-4-10-20/h1-4,6-7,9-10,12-13H,5,8,11,14-19H2/q+1. The van der Waals surface area contributed by atoms with Crippen LogP contribution in [0.3, 0.4) is 0 Å². The summed E-state index contributed by atoms with van der Waals surface area (Å²) in [6.45, 7) is 5.63. The minimum absolute atomic E-state index is 0.317. The molecule has 1 aromatic carbocycles. The first kappa shape index (κ1) is 17.6. The zero-order chi connectivity index (χ0) is 17.3. The lowest BCUT2D eigenvalue weighted by Crippen LogP contribution is -2.48. The highest BCUT2D eigenvalue weighted by Gasteiger charge is 2.20. The van der Waals surface area contributed by atoms with Gasteiger partial charge in [0.25, 0.3) is 0 Å². The molecule has 1 amide bonds. The molecule has 3 rings (SSSR count). The molecule has 4 heteroatoms. The maximum absolute atomic E-state index is 12.4. The van der Waals surface area contributed by atoms with Crippen LogP contribution in [0.5, 0.6) is 0 Å². The number of benzene rings is 1. The number of piperazine rings is 1. The van der Waals surface area contributed by atoms with Crippen LogP contribution >= 0.6 is 0 Å². The number of hydrogen-bond acceptors (Lipinski definition) is 2. The molecule has 2 aromatic rings. The van der Waals surface area contributed by atoms with E-state index in [9.17, 15) is 4.79 Å². The summed E-state index contributed by atoms with van der Waals surface area (Å²) in [5, 5.41) is 0. The van der Waals surface area contributed by atoms with Gasteiger partial charge in [0.05, 0.1) is 0 Å². The fraction of sp³-hybridized carbons (Fsp3) is 0.429. The molecule has 1 aliphatic heterocycles. The number of hydrogen-bond donors (Lipinski definition) is 0. The summed E-state index contributed by atoms with van der Waals surface area (Å²) in [5.41, 5.74) is 1.35. The van der Waals surface area contributed by atoms with Crippen molar-refractivity contribution >= 4 is 5.91 Å². The summed E-state index contributed by atoms with van der Waals surface area (Å²) in [5.74, 6) is 0.317. The first-order valence-electron chi connectivity index (χ1n) is 9.29. The lowest BCUT2D eigenvalue weighted by Gasteiger charge is -2.34. The third-order valence-electron chi connectivity index (χ3n) is 4.81. The van der Waals surface area contributed by atoms with Crippen molar-refractivity contribution in [3.8, 4) is 0 Å². The summed E-state index contributed by atoms with van der Waals surface area (Å²) in [7, 11) is 0. The zero-order valence-corrected chi connectivity index (χ0v) is 14.9. The van der Waals surface area contributed by atoms with Crippen LogP contribution in [0.15, 0.2) is 60.9 Å². The van der Waals surface area contributed by atoms with Gasteiger partial charge in [0.2, 0.25) is 5.91 Å². The Kier molecular flexibility index (Phi) is 6.57. The minimum Gasteiger partial charge on any atom is -0.340 e. The largest absolute Gasteiger partial charge is 0.340 e. The summed E-state index contributed by atoms with van der Waals surface area (Å²) in [6, 6.07) is 16.7. The molecule has 0 unspecified atom stereocenters. The highest BCUT2D eigenvalue weighted by molar-refractivity contribution is 5.76. The van der Waals surface area contributed by atoms with Crippen LogP contribution in [0.4, 0.5) is 0 Å². The van der Waals surface area contributed by atoms with Crippen molar-refractivity contribution in [2.75, 3.05) is 26.2 Å². The van der Waals surface area contributed by atoms with E-state index in [1.807, 2.05) is 23.1 Å². The summed E-state index contributed by atoms with van der Waals surface area (Å²) in [6.07, 6.45) is 6.84. The molecule has 132 valence electrons. The summed E-state index contributed by atoms with van der Waals surface area (Å²) >= 11 is 0. The number of aryl methyl sites for hydroxylation is 1. The average Bonchev–Trinajstić information content (AvgIpc) is 2.67. The fourth-order valence-corrected chi connectivity index (χ4v) is 3.31. The van der Waals surface area contributed by atoms with Crippen LogP contribution in [0.2, 0.25) is 0 Å². The van der Waals surface area contributed by atoms with Gasteiger partial charge in [0.15, 0.2) is 12.4 Å². The Hall–Kier alpha value is -2.20. The highest BCUT2D eigenvalue weighted by Crippen LogP contribution is 2.10. The van der Waals surface area contributed by atoms with E-state index in [1.54, 1.807) is 0 Å². The predicted molar refractivity (Wildman–Crippen MR) is 98.8 cm³/mol. The fourth-order valence-electron chi connectivity index (χ4n) is 3.31. The van der Waals surface area contributed by atoms with Gasteiger partial charge in [-0.2, -0.15) is 0 Å². The van der Waals surface area contributed by atoms with E-state index in [0.29, 0.717) is 12.3 Å². The molecule has 0 radical (unpaired) electrons. The number of rotatable bonds is 7. The van der Waals surface area contributed by atoms with E-state index in [4.69, 9.17) is 0 Å². The van der Waals surface area contributed by atoms with E-state index in [2.05, 4.69) is 52.2 Å². The Morgan fingerprint density at radius 3 is 2.28 bits per heavy atom. The van der Waals surface area contributed by atoms with Crippen LogP contribution in [0.1, 0.15) is 24.8 Å². The van der Waals surface area contributed by atoms with Crippen molar-refractivity contribution in [3.05, 3.63) is 66.5 Å². The Labute approximate surface area is 150 Å². The molecule has 1 fully saturated rings. The van der Waals surface area contributed by atoms with Gasteiger partial charge in [0, 0.05) is 57.7 Å². The Bertz CT molecular complexity index is 637. The maximum atomic E-state index is 12.4. The molecule has 1 aromatic heterocycles. The molecule has 0 spiro atoms. The topological polar surface area (TPSA) is 27.4 Å². The van der Waals surface area contributed by atoms with Crippen LogP contribution in [0, 0.1) is 0 Å². The van der Waals surface area contributed by atoms with E-state index in [-0.39, 0.29) is 0 Å². The number of nitrogens with zero attached hydrogens (tertiary/aromatic N) is 3. The lowest BCUT2D eigenvalue weighted by molar-refractivity contribution is -0.697. The van der Waals surface area contributed by atoms with Crippen LogP contribution < -0.4 is 4.57 Å². The molecule has 0 saturated carbocycles.